The summed E-state index contributed by atoms with van der Waals surface area (Å²) in [6.45, 7) is 7.92. The summed E-state index contributed by atoms with van der Waals surface area (Å²) in [7, 11) is 2.13. The zero-order valence-corrected chi connectivity index (χ0v) is 13.3. The smallest absolute Gasteiger partial charge is 0.0585 e. The molecule has 1 aromatic rings. The molecule has 0 saturated heterocycles. The van der Waals surface area contributed by atoms with Crippen molar-refractivity contribution in [3.8, 4) is 0 Å². The van der Waals surface area contributed by atoms with Crippen LogP contribution in [0.3, 0.4) is 0 Å². The molecule has 0 aromatic heterocycles. The Morgan fingerprint density at radius 1 is 1.15 bits per heavy atom. The number of hydrogen-bond donors (Lipinski definition) is 1. The van der Waals surface area contributed by atoms with Crippen LogP contribution in [0.1, 0.15) is 40.0 Å². The van der Waals surface area contributed by atoms with E-state index in [4.69, 9.17) is 0 Å². The highest BCUT2D eigenvalue weighted by Crippen LogP contribution is 2.40. The average Bonchev–Trinajstić information content (AvgIpc) is 2.41. The lowest BCUT2D eigenvalue weighted by Gasteiger charge is -2.41. The molecule has 0 heterocycles. The van der Waals surface area contributed by atoms with Gasteiger partial charge in [-0.3, -0.25) is 0 Å². The molecule has 1 aromatic carbocycles. The van der Waals surface area contributed by atoms with E-state index >= 15 is 0 Å². The highest BCUT2D eigenvalue weighted by atomic mass is 16.3. The molecule has 0 aliphatic heterocycles. The highest BCUT2D eigenvalue weighted by molar-refractivity contribution is 5.45. The lowest BCUT2D eigenvalue weighted by molar-refractivity contribution is 0.0229. The maximum absolute atomic E-state index is 10.3. The van der Waals surface area contributed by atoms with Crippen LogP contribution in [0.5, 0.6) is 0 Å². The summed E-state index contributed by atoms with van der Waals surface area (Å²) in [6.07, 6.45) is 3.12. The second-order valence-electron chi connectivity index (χ2n) is 7.42. The van der Waals surface area contributed by atoms with Gasteiger partial charge in [-0.15, -0.1) is 0 Å². The van der Waals surface area contributed by atoms with Crippen LogP contribution in [0, 0.1) is 17.3 Å². The van der Waals surface area contributed by atoms with E-state index in [1.54, 1.807) is 0 Å². The van der Waals surface area contributed by atoms with Gasteiger partial charge < -0.3 is 10.0 Å². The van der Waals surface area contributed by atoms with Crippen molar-refractivity contribution in [3.05, 3.63) is 30.3 Å². The number of rotatable bonds is 3. The SMILES string of the molecule is CN(CC1CC(C(C)(C)C)CCC1O)c1ccccc1. The molecular formula is C18H29NO. The second kappa shape index (κ2) is 6.17. The Balaban J connectivity index is 2.00. The number of para-hydroxylation sites is 1. The van der Waals surface area contributed by atoms with Crippen LogP contribution in [0.15, 0.2) is 30.3 Å². The summed E-state index contributed by atoms with van der Waals surface area (Å²) in [5, 5.41) is 10.3. The first-order valence-corrected chi connectivity index (χ1v) is 7.82. The van der Waals surface area contributed by atoms with E-state index < -0.39 is 0 Å². The summed E-state index contributed by atoms with van der Waals surface area (Å²) in [6, 6.07) is 10.5. The van der Waals surface area contributed by atoms with Crippen molar-refractivity contribution >= 4 is 5.69 Å². The minimum atomic E-state index is -0.139. The first kappa shape index (κ1) is 15.4. The third-order valence-corrected chi connectivity index (χ3v) is 4.87. The van der Waals surface area contributed by atoms with Crippen LogP contribution in [0.4, 0.5) is 5.69 Å². The van der Waals surface area contributed by atoms with Gasteiger partial charge in [0.25, 0.3) is 0 Å². The van der Waals surface area contributed by atoms with Gasteiger partial charge >= 0.3 is 0 Å². The van der Waals surface area contributed by atoms with Crippen LogP contribution in [0.25, 0.3) is 0 Å². The normalized spacial score (nSPS) is 27.4. The highest BCUT2D eigenvalue weighted by Gasteiger charge is 2.35. The van der Waals surface area contributed by atoms with Crippen LogP contribution in [-0.2, 0) is 0 Å². The van der Waals surface area contributed by atoms with Gasteiger partial charge in [0.1, 0.15) is 0 Å². The fraction of sp³-hybridized carbons (Fsp3) is 0.667. The zero-order valence-electron chi connectivity index (χ0n) is 13.3. The van der Waals surface area contributed by atoms with Gasteiger partial charge in [-0.2, -0.15) is 0 Å². The van der Waals surface area contributed by atoms with E-state index in [1.807, 2.05) is 6.07 Å². The molecule has 1 saturated carbocycles. The van der Waals surface area contributed by atoms with Gasteiger partial charge in [-0.25, -0.2) is 0 Å². The van der Waals surface area contributed by atoms with E-state index in [9.17, 15) is 5.11 Å². The standard InChI is InChI=1S/C18H29NO/c1-18(2,3)15-10-11-17(20)14(12-15)13-19(4)16-8-6-5-7-9-16/h5-9,14-15,17,20H,10-13H2,1-4H3. The molecule has 0 bridgehead atoms. The molecule has 112 valence electrons. The molecule has 3 unspecified atom stereocenters. The first-order valence-electron chi connectivity index (χ1n) is 7.82. The van der Waals surface area contributed by atoms with Gasteiger partial charge in [-0.05, 0) is 42.7 Å². The Kier molecular flexibility index (Phi) is 4.74. The number of nitrogens with zero attached hydrogens (tertiary/aromatic N) is 1. The Hall–Kier alpha value is -1.02. The van der Waals surface area contributed by atoms with Crippen molar-refractivity contribution in [2.24, 2.45) is 17.3 Å². The third kappa shape index (κ3) is 3.76. The predicted octanol–water partition coefficient (Wildman–Crippen LogP) is 3.95. The summed E-state index contributed by atoms with van der Waals surface area (Å²) < 4.78 is 0. The Bertz CT molecular complexity index is 409. The van der Waals surface area contributed by atoms with E-state index in [0.717, 1.165) is 31.7 Å². The topological polar surface area (TPSA) is 23.5 Å². The van der Waals surface area contributed by atoms with Gasteiger partial charge in [0.2, 0.25) is 0 Å². The number of hydrogen-bond acceptors (Lipinski definition) is 2. The third-order valence-electron chi connectivity index (χ3n) is 4.87. The van der Waals surface area contributed by atoms with Crippen molar-refractivity contribution in [1.82, 2.24) is 0 Å². The van der Waals surface area contributed by atoms with Gasteiger partial charge in [0.05, 0.1) is 6.10 Å². The quantitative estimate of drug-likeness (QED) is 0.903. The van der Waals surface area contributed by atoms with Crippen LogP contribution < -0.4 is 4.90 Å². The number of anilines is 1. The van der Waals surface area contributed by atoms with Crippen LogP contribution in [-0.4, -0.2) is 24.8 Å². The minimum Gasteiger partial charge on any atom is -0.393 e. The lowest BCUT2D eigenvalue weighted by Crippen LogP contribution is -2.40. The number of aliphatic hydroxyl groups excluding tert-OH is 1. The lowest BCUT2D eigenvalue weighted by atomic mass is 9.68. The van der Waals surface area contributed by atoms with Gasteiger partial charge in [-0.1, -0.05) is 39.0 Å². The predicted molar refractivity (Wildman–Crippen MR) is 86.0 cm³/mol. The summed E-state index contributed by atoms with van der Waals surface area (Å²) in [5.74, 6) is 1.11. The Morgan fingerprint density at radius 3 is 2.40 bits per heavy atom. The van der Waals surface area contributed by atoms with E-state index in [2.05, 4.69) is 57.0 Å². The van der Waals surface area contributed by atoms with Crippen molar-refractivity contribution in [3.63, 3.8) is 0 Å². The minimum absolute atomic E-state index is 0.139. The molecule has 1 aliphatic carbocycles. The molecule has 3 atom stereocenters. The van der Waals surface area contributed by atoms with Crippen LogP contribution in [0.2, 0.25) is 0 Å². The summed E-state index contributed by atoms with van der Waals surface area (Å²) in [4.78, 5) is 2.28. The van der Waals surface area contributed by atoms with Crippen LogP contribution >= 0.6 is 0 Å². The number of aliphatic hydroxyl groups is 1. The average molecular weight is 275 g/mol. The molecule has 20 heavy (non-hydrogen) atoms. The second-order valence-corrected chi connectivity index (χ2v) is 7.42. The largest absolute Gasteiger partial charge is 0.393 e. The van der Waals surface area contributed by atoms with Crippen molar-refractivity contribution < 1.29 is 5.11 Å². The van der Waals surface area contributed by atoms with Gasteiger partial charge in [0, 0.05) is 25.2 Å². The molecule has 1 N–H and O–H groups in total. The van der Waals surface area contributed by atoms with E-state index in [-0.39, 0.29) is 6.10 Å². The fourth-order valence-electron chi connectivity index (χ4n) is 3.37. The zero-order chi connectivity index (χ0) is 14.8. The maximum atomic E-state index is 10.3. The van der Waals surface area contributed by atoms with Crippen molar-refractivity contribution in [2.75, 3.05) is 18.5 Å². The molecule has 1 aliphatic rings. The van der Waals surface area contributed by atoms with E-state index in [1.165, 1.54) is 5.69 Å². The van der Waals surface area contributed by atoms with Crippen molar-refractivity contribution in [1.29, 1.82) is 0 Å². The van der Waals surface area contributed by atoms with Gasteiger partial charge in [0.15, 0.2) is 0 Å². The maximum Gasteiger partial charge on any atom is 0.0585 e. The first-order chi connectivity index (χ1) is 9.38. The molecule has 2 rings (SSSR count). The molecule has 1 fully saturated rings. The molecular weight excluding hydrogens is 246 g/mol. The summed E-state index contributed by atoms with van der Waals surface area (Å²) in [5.41, 5.74) is 1.58. The van der Waals surface area contributed by atoms with E-state index in [0.29, 0.717) is 11.3 Å². The monoisotopic (exact) mass is 275 g/mol. The Morgan fingerprint density at radius 2 is 1.80 bits per heavy atom. The van der Waals surface area contributed by atoms with Crippen molar-refractivity contribution in [2.45, 2.75) is 46.1 Å². The number of benzene rings is 1. The fourth-order valence-corrected chi connectivity index (χ4v) is 3.37. The molecule has 0 amide bonds. The molecule has 0 radical (unpaired) electrons. The molecule has 2 heteroatoms. The Labute approximate surface area is 123 Å². The molecule has 2 nitrogen and oxygen atoms in total. The molecule has 0 spiro atoms. The summed E-state index contributed by atoms with van der Waals surface area (Å²) >= 11 is 0.